The fraction of sp³-hybridized carbons (Fsp3) is 1.00. The second kappa shape index (κ2) is 7.54. The molecule has 18 heavy (non-hydrogen) atoms. The normalized spacial score (nSPS) is 21.7. The van der Waals surface area contributed by atoms with Gasteiger partial charge in [-0.15, -0.1) is 0 Å². The quantitative estimate of drug-likeness (QED) is 0.603. The van der Waals surface area contributed by atoms with E-state index in [2.05, 4.69) is 14.9 Å². The Kier molecular flexibility index (Phi) is 6.72. The lowest BCUT2D eigenvalue weighted by atomic mass is 10.4. The van der Waals surface area contributed by atoms with Crippen molar-refractivity contribution in [2.45, 2.75) is 13.0 Å². The molecule has 2 N–H and O–H groups in total. The van der Waals surface area contributed by atoms with Crippen LogP contribution in [0.2, 0.25) is 0 Å². The molecular formula is C10H23N3O3S2. The molecule has 0 aromatic carbocycles. The van der Waals surface area contributed by atoms with Crippen LogP contribution in [0.3, 0.4) is 0 Å². The van der Waals surface area contributed by atoms with Crippen molar-refractivity contribution >= 4 is 20.8 Å². The van der Waals surface area contributed by atoms with Gasteiger partial charge in [0, 0.05) is 61.6 Å². The highest BCUT2D eigenvalue weighted by molar-refractivity contribution is 7.89. The number of nitrogens with one attached hydrogen (secondary N) is 2. The zero-order chi connectivity index (χ0) is 13.6. The Balaban J connectivity index is 2.32. The molecule has 0 radical (unpaired) electrons. The minimum Gasteiger partial charge on any atom is -0.314 e. The topological polar surface area (TPSA) is 78.5 Å². The fourth-order valence-corrected chi connectivity index (χ4v) is 4.14. The van der Waals surface area contributed by atoms with E-state index in [1.165, 1.54) is 0 Å². The van der Waals surface area contributed by atoms with Gasteiger partial charge in [0.2, 0.25) is 10.0 Å². The average Bonchev–Trinajstić information content (AvgIpc) is 2.26. The van der Waals surface area contributed by atoms with Crippen molar-refractivity contribution in [3.05, 3.63) is 0 Å². The van der Waals surface area contributed by atoms with Crippen LogP contribution in [0, 0.1) is 0 Å². The van der Waals surface area contributed by atoms with Crippen molar-refractivity contribution in [2.24, 2.45) is 0 Å². The molecule has 1 heterocycles. The first-order valence-corrected chi connectivity index (χ1v) is 9.50. The summed E-state index contributed by atoms with van der Waals surface area (Å²) in [4.78, 5) is 2.14. The summed E-state index contributed by atoms with van der Waals surface area (Å²) >= 11 is 0. The molecule has 1 fully saturated rings. The summed E-state index contributed by atoms with van der Waals surface area (Å²) in [6, 6.07) is -0.274. The van der Waals surface area contributed by atoms with E-state index in [1.54, 1.807) is 13.2 Å². The summed E-state index contributed by atoms with van der Waals surface area (Å²) in [5.74, 6) is 0.459. The van der Waals surface area contributed by atoms with Crippen LogP contribution < -0.4 is 10.0 Å². The molecule has 0 aromatic rings. The van der Waals surface area contributed by atoms with Crippen molar-refractivity contribution < 1.29 is 12.6 Å². The van der Waals surface area contributed by atoms with E-state index in [0.717, 1.165) is 26.2 Å². The van der Waals surface area contributed by atoms with E-state index in [0.29, 0.717) is 12.3 Å². The van der Waals surface area contributed by atoms with Gasteiger partial charge in [0.25, 0.3) is 0 Å². The van der Waals surface area contributed by atoms with Gasteiger partial charge in [-0.2, -0.15) is 0 Å². The molecule has 108 valence electrons. The van der Waals surface area contributed by atoms with E-state index in [-0.39, 0.29) is 11.8 Å². The smallest absolute Gasteiger partial charge is 0.213 e. The first-order valence-electron chi connectivity index (χ1n) is 6.12. The van der Waals surface area contributed by atoms with Crippen LogP contribution in [0.15, 0.2) is 0 Å². The largest absolute Gasteiger partial charge is 0.314 e. The van der Waals surface area contributed by atoms with Crippen LogP contribution in [0.1, 0.15) is 6.92 Å². The van der Waals surface area contributed by atoms with Crippen molar-refractivity contribution in [1.29, 1.82) is 0 Å². The summed E-state index contributed by atoms with van der Waals surface area (Å²) in [5, 5.41) is 3.23. The highest BCUT2D eigenvalue weighted by Gasteiger charge is 2.18. The second-order valence-electron chi connectivity index (χ2n) is 4.67. The standard InChI is InChI=1S/C10H23N3O3S2/c1-10(9-17(2)14)12-18(15,16)8-7-13-5-3-11-4-6-13/h10-12H,3-9H2,1-2H3. The predicted octanol–water partition coefficient (Wildman–Crippen LogP) is -1.42. The molecule has 6 nitrogen and oxygen atoms in total. The van der Waals surface area contributed by atoms with Gasteiger partial charge in [0.15, 0.2) is 0 Å². The zero-order valence-electron chi connectivity index (χ0n) is 11.0. The lowest BCUT2D eigenvalue weighted by Gasteiger charge is -2.27. The Morgan fingerprint density at radius 2 is 2.00 bits per heavy atom. The zero-order valence-corrected chi connectivity index (χ0v) is 12.6. The summed E-state index contributed by atoms with van der Waals surface area (Å²) < 4.78 is 37.2. The Morgan fingerprint density at radius 3 is 2.56 bits per heavy atom. The second-order valence-corrected chi connectivity index (χ2v) is 8.02. The lowest BCUT2D eigenvalue weighted by molar-refractivity contribution is 0.253. The fourth-order valence-electron chi connectivity index (χ4n) is 1.94. The van der Waals surface area contributed by atoms with Gasteiger partial charge in [-0.3, -0.25) is 9.11 Å². The SMILES string of the molecule is CC(CS(C)=O)NS(=O)(=O)CCN1CCNCC1. The number of rotatable bonds is 7. The molecule has 2 atom stereocenters. The first kappa shape index (κ1) is 16.0. The molecular weight excluding hydrogens is 274 g/mol. The third-order valence-electron chi connectivity index (χ3n) is 2.75. The van der Waals surface area contributed by atoms with Crippen molar-refractivity contribution in [2.75, 3.05) is 50.5 Å². The van der Waals surface area contributed by atoms with E-state index in [4.69, 9.17) is 0 Å². The Labute approximate surface area is 112 Å². The molecule has 1 aliphatic rings. The van der Waals surface area contributed by atoms with Gasteiger partial charge in [-0.05, 0) is 6.92 Å². The molecule has 0 aromatic heterocycles. The van der Waals surface area contributed by atoms with Crippen molar-refractivity contribution in [3.8, 4) is 0 Å². The van der Waals surface area contributed by atoms with Crippen LogP contribution in [0.5, 0.6) is 0 Å². The number of hydrogen-bond donors (Lipinski definition) is 2. The minimum absolute atomic E-state index is 0.105. The van der Waals surface area contributed by atoms with E-state index < -0.39 is 20.8 Å². The number of piperazine rings is 1. The molecule has 0 saturated carbocycles. The summed E-state index contributed by atoms with van der Waals surface area (Å²) in [7, 11) is -4.26. The van der Waals surface area contributed by atoms with Gasteiger partial charge in [-0.25, -0.2) is 13.1 Å². The van der Waals surface area contributed by atoms with Crippen molar-refractivity contribution in [3.63, 3.8) is 0 Å². The minimum atomic E-state index is -3.27. The third-order valence-corrected chi connectivity index (χ3v) is 5.20. The van der Waals surface area contributed by atoms with Gasteiger partial charge < -0.3 is 5.32 Å². The lowest BCUT2D eigenvalue weighted by Crippen LogP contribution is -2.46. The molecule has 8 heteroatoms. The van der Waals surface area contributed by atoms with Gasteiger partial charge >= 0.3 is 0 Å². The molecule has 0 spiro atoms. The summed E-state index contributed by atoms with van der Waals surface area (Å²) in [5.41, 5.74) is 0. The summed E-state index contributed by atoms with van der Waals surface area (Å²) in [6.07, 6.45) is 1.57. The van der Waals surface area contributed by atoms with Gasteiger partial charge in [0.05, 0.1) is 5.75 Å². The number of sulfonamides is 1. The maximum atomic E-state index is 11.8. The van der Waals surface area contributed by atoms with Gasteiger partial charge in [0.1, 0.15) is 0 Å². The van der Waals surface area contributed by atoms with Crippen LogP contribution in [0.4, 0.5) is 0 Å². The monoisotopic (exact) mass is 297 g/mol. The molecule has 1 saturated heterocycles. The third kappa shape index (κ3) is 6.79. The highest BCUT2D eigenvalue weighted by Crippen LogP contribution is 1.96. The molecule has 2 unspecified atom stereocenters. The molecule has 0 aliphatic carbocycles. The molecule has 0 bridgehead atoms. The molecule has 0 amide bonds. The number of nitrogens with zero attached hydrogens (tertiary/aromatic N) is 1. The van der Waals surface area contributed by atoms with Crippen LogP contribution in [0.25, 0.3) is 0 Å². The van der Waals surface area contributed by atoms with Crippen LogP contribution >= 0.6 is 0 Å². The van der Waals surface area contributed by atoms with E-state index >= 15 is 0 Å². The Morgan fingerprint density at radius 1 is 1.39 bits per heavy atom. The Hall–Kier alpha value is -0.0200. The maximum absolute atomic E-state index is 11.8. The van der Waals surface area contributed by atoms with E-state index in [1.807, 2.05) is 0 Å². The maximum Gasteiger partial charge on any atom is 0.213 e. The van der Waals surface area contributed by atoms with Crippen LogP contribution in [-0.2, 0) is 20.8 Å². The van der Waals surface area contributed by atoms with Gasteiger partial charge in [-0.1, -0.05) is 0 Å². The molecule has 1 aliphatic heterocycles. The first-order chi connectivity index (χ1) is 8.39. The highest BCUT2D eigenvalue weighted by atomic mass is 32.2. The molecule has 1 rings (SSSR count). The van der Waals surface area contributed by atoms with Crippen molar-refractivity contribution in [1.82, 2.24) is 14.9 Å². The van der Waals surface area contributed by atoms with Crippen LogP contribution in [-0.4, -0.2) is 74.1 Å². The number of hydrogen-bond acceptors (Lipinski definition) is 5. The predicted molar refractivity (Wildman–Crippen MR) is 74.6 cm³/mol. The van der Waals surface area contributed by atoms with E-state index in [9.17, 15) is 12.6 Å². The summed E-state index contributed by atoms with van der Waals surface area (Å²) in [6.45, 7) is 5.91. The average molecular weight is 297 g/mol. The Bertz CT molecular complexity index is 367.